The lowest BCUT2D eigenvalue weighted by molar-refractivity contribution is -0.159. The van der Waals surface area contributed by atoms with Crippen LogP contribution in [0.5, 0.6) is 5.75 Å². The molecule has 0 saturated carbocycles. The molecule has 1 saturated heterocycles. The molecule has 142 valence electrons. The first-order valence-corrected chi connectivity index (χ1v) is 8.65. The molecule has 1 fully saturated rings. The van der Waals surface area contributed by atoms with Gasteiger partial charge in [-0.25, -0.2) is 4.79 Å². The van der Waals surface area contributed by atoms with Gasteiger partial charge in [-0.2, -0.15) is 0 Å². The van der Waals surface area contributed by atoms with Crippen molar-refractivity contribution in [3.63, 3.8) is 0 Å². The zero-order valence-corrected chi connectivity index (χ0v) is 14.8. The molecule has 1 aromatic rings. The maximum atomic E-state index is 12.2. The third-order valence-electron chi connectivity index (χ3n) is 3.98. The van der Waals surface area contributed by atoms with E-state index in [0.29, 0.717) is 37.4 Å². The van der Waals surface area contributed by atoms with Crippen LogP contribution in [0, 0.1) is 0 Å². The van der Waals surface area contributed by atoms with Crippen molar-refractivity contribution in [2.75, 3.05) is 32.8 Å². The molecule has 0 aliphatic carbocycles. The Labute approximate surface area is 152 Å². The third-order valence-corrected chi connectivity index (χ3v) is 3.98. The molecule has 8 heteroatoms. The summed E-state index contributed by atoms with van der Waals surface area (Å²) in [7, 11) is 0. The van der Waals surface area contributed by atoms with Crippen LogP contribution in [0.25, 0.3) is 0 Å². The summed E-state index contributed by atoms with van der Waals surface area (Å²) in [5.74, 6) is -0.929. The quantitative estimate of drug-likeness (QED) is 0.664. The van der Waals surface area contributed by atoms with Crippen LogP contribution in [0.1, 0.15) is 30.1 Å². The predicted octanol–water partition coefficient (Wildman–Crippen LogP) is 0.907. The van der Waals surface area contributed by atoms with Gasteiger partial charge in [0.15, 0.2) is 6.10 Å². The molecule has 2 amide bonds. The van der Waals surface area contributed by atoms with E-state index in [1.165, 1.54) is 4.90 Å². The maximum absolute atomic E-state index is 12.2. The molecular formula is C18H24N2O6. The summed E-state index contributed by atoms with van der Waals surface area (Å²) in [4.78, 5) is 36.8. The second kappa shape index (κ2) is 9.76. The van der Waals surface area contributed by atoms with Crippen LogP contribution in [0.2, 0.25) is 0 Å². The molecule has 26 heavy (non-hydrogen) atoms. The summed E-state index contributed by atoms with van der Waals surface area (Å²) in [6.45, 7) is 3.32. The molecule has 0 aromatic heterocycles. The van der Waals surface area contributed by atoms with Gasteiger partial charge in [0.1, 0.15) is 5.75 Å². The average molecular weight is 364 g/mol. The fourth-order valence-corrected chi connectivity index (χ4v) is 2.66. The molecule has 1 aliphatic rings. The topological polar surface area (TPSA) is 105 Å². The van der Waals surface area contributed by atoms with E-state index in [9.17, 15) is 14.4 Å². The van der Waals surface area contributed by atoms with E-state index in [0.717, 1.165) is 0 Å². The van der Waals surface area contributed by atoms with E-state index in [4.69, 9.17) is 14.6 Å². The van der Waals surface area contributed by atoms with E-state index < -0.39 is 12.1 Å². The molecule has 1 aliphatic heterocycles. The molecule has 2 N–H and O–H groups in total. The zero-order chi connectivity index (χ0) is 18.9. The van der Waals surface area contributed by atoms with E-state index >= 15 is 0 Å². The number of para-hydroxylation sites is 1. The van der Waals surface area contributed by atoms with Gasteiger partial charge in [0.05, 0.1) is 25.3 Å². The second-order valence-electron chi connectivity index (χ2n) is 5.83. The number of carboxylic acids is 1. The summed E-state index contributed by atoms with van der Waals surface area (Å²) < 4.78 is 10.5. The molecule has 1 heterocycles. The number of hydrogen-bond acceptors (Lipinski definition) is 5. The lowest BCUT2D eigenvalue weighted by atomic mass is 10.2. The lowest BCUT2D eigenvalue weighted by Gasteiger charge is -2.30. The molecule has 1 aromatic carbocycles. The maximum Gasteiger partial charge on any atom is 0.334 e. The van der Waals surface area contributed by atoms with Crippen molar-refractivity contribution in [3.05, 3.63) is 29.8 Å². The third kappa shape index (κ3) is 5.45. The normalized spacial score (nSPS) is 16.8. The summed E-state index contributed by atoms with van der Waals surface area (Å²) in [5, 5.41) is 11.7. The Hall–Kier alpha value is -2.61. The van der Waals surface area contributed by atoms with E-state index in [1.54, 1.807) is 24.3 Å². The van der Waals surface area contributed by atoms with E-state index in [2.05, 4.69) is 5.32 Å². The van der Waals surface area contributed by atoms with Gasteiger partial charge in [0, 0.05) is 19.5 Å². The zero-order valence-electron chi connectivity index (χ0n) is 14.8. The fourth-order valence-electron chi connectivity index (χ4n) is 2.66. The van der Waals surface area contributed by atoms with Gasteiger partial charge in [-0.05, 0) is 25.5 Å². The van der Waals surface area contributed by atoms with Crippen LogP contribution in [-0.2, 0) is 14.3 Å². The van der Waals surface area contributed by atoms with Crippen LogP contribution in [0.4, 0.5) is 0 Å². The Morgan fingerprint density at radius 3 is 2.85 bits per heavy atom. The van der Waals surface area contributed by atoms with Gasteiger partial charge < -0.3 is 24.8 Å². The van der Waals surface area contributed by atoms with Gasteiger partial charge in [-0.15, -0.1) is 0 Å². The van der Waals surface area contributed by atoms with Crippen LogP contribution in [-0.4, -0.2) is 66.7 Å². The van der Waals surface area contributed by atoms with Gasteiger partial charge in [0.2, 0.25) is 5.91 Å². The first-order valence-electron chi connectivity index (χ1n) is 8.65. The van der Waals surface area contributed by atoms with E-state index in [1.807, 2.05) is 6.92 Å². The summed E-state index contributed by atoms with van der Waals surface area (Å²) in [5.41, 5.74) is 0.457. The van der Waals surface area contributed by atoms with Crippen LogP contribution < -0.4 is 10.1 Å². The van der Waals surface area contributed by atoms with Crippen molar-refractivity contribution in [2.45, 2.75) is 25.9 Å². The molecule has 1 atom stereocenters. The molecule has 1 unspecified atom stereocenters. The largest absolute Gasteiger partial charge is 0.493 e. The van der Waals surface area contributed by atoms with Gasteiger partial charge in [0.25, 0.3) is 5.91 Å². The number of nitrogens with one attached hydrogen (secondary N) is 1. The van der Waals surface area contributed by atoms with E-state index in [-0.39, 0.29) is 31.4 Å². The van der Waals surface area contributed by atoms with Gasteiger partial charge >= 0.3 is 5.97 Å². The molecular weight excluding hydrogens is 340 g/mol. The Kier molecular flexibility index (Phi) is 7.40. The van der Waals surface area contributed by atoms with Crippen LogP contribution in [0.3, 0.4) is 0 Å². The van der Waals surface area contributed by atoms with Crippen LogP contribution in [0.15, 0.2) is 24.3 Å². The number of hydrogen-bond donors (Lipinski definition) is 2. The predicted molar refractivity (Wildman–Crippen MR) is 93.1 cm³/mol. The standard InChI is InChI=1S/C18H24N2O6/c1-2-25-14-7-4-3-6-13(14)17(22)19-9-5-8-16(21)20-10-11-26-15(12-20)18(23)24/h3-4,6-7,15H,2,5,8-12H2,1H3,(H,19,22)(H,23,24). The minimum Gasteiger partial charge on any atom is -0.493 e. The lowest BCUT2D eigenvalue weighted by Crippen LogP contribution is -2.48. The van der Waals surface area contributed by atoms with Gasteiger partial charge in [-0.3, -0.25) is 9.59 Å². The van der Waals surface area contributed by atoms with Crippen molar-refractivity contribution in [1.82, 2.24) is 10.2 Å². The number of morpholine rings is 1. The first-order chi connectivity index (χ1) is 12.5. The highest BCUT2D eigenvalue weighted by Gasteiger charge is 2.28. The second-order valence-corrected chi connectivity index (χ2v) is 5.83. The molecule has 0 bridgehead atoms. The number of rotatable bonds is 8. The highest BCUT2D eigenvalue weighted by molar-refractivity contribution is 5.96. The Morgan fingerprint density at radius 2 is 2.12 bits per heavy atom. The minimum atomic E-state index is -1.07. The highest BCUT2D eigenvalue weighted by Crippen LogP contribution is 2.17. The monoisotopic (exact) mass is 364 g/mol. The van der Waals surface area contributed by atoms with Crippen molar-refractivity contribution in [3.8, 4) is 5.75 Å². The van der Waals surface area contributed by atoms with Gasteiger partial charge in [-0.1, -0.05) is 12.1 Å². The molecule has 0 radical (unpaired) electrons. The molecule has 0 spiro atoms. The van der Waals surface area contributed by atoms with Crippen molar-refractivity contribution in [2.24, 2.45) is 0 Å². The van der Waals surface area contributed by atoms with Crippen molar-refractivity contribution in [1.29, 1.82) is 0 Å². The van der Waals surface area contributed by atoms with Crippen molar-refractivity contribution >= 4 is 17.8 Å². The smallest absolute Gasteiger partial charge is 0.334 e. The first kappa shape index (κ1) is 19.7. The minimum absolute atomic E-state index is 0.0578. The number of amides is 2. The Bertz CT molecular complexity index is 648. The van der Waals surface area contributed by atoms with Crippen LogP contribution >= 0.6 is 0 Å². The number of ether oxygens (including phenoxy) is 2. The SMILES string of the molecule is CCOc1ccccc1C(=O)NCCCC(=O)N1CCOC(C(=O)O)C1. The number of benzene rings is 1. The summed E-state index contributed by atoms with van der Waals surface area (Å²) in [6.07, 6.45) is -0.265. The summed E-state index contributed by atoms with van der Waals surface area (Å²) >= 11 is 0. The Balaban J connectivity index is 1.75. The average Bonchev–Trinajstić information content (AvgIpc) is 2.65. The highest BCUT2D eigenvalue weighted by atomic mass is 16.5. The fraction of sp³-hybridized carbons (Fsp3) is 0.500. The number of aliphatic carboxylic acids is 1. The molecule has 8 nitrogen and oxygen atoms in total. The van der Waals surface area contributed by atoms with Crippen molar-refractivity contribution < 1.29 is 29.0 Å². The number of carbonyl (C=O) groups excluding carboxylic acids is 2. The molecule has 2 rings (SSSR count). The number of carboxylic acid groups (broad SMARTS) is 1. The Morgan fingerprint density at radius 1 is 1.35 bits per heavy atom. The number of nitrogens with zero attached hydrogens (tertiary/aromatic N) is 1. The summed E-state index contributed by atoms with van der Waals surface area (Å²) in [6, 6.07) is 6.98. The number of carbonyl (C=O) groups is 3.